The van der Waals surface area contributed by atoms with Gasteiger partial charge in [0, 0.05) is 59.1 Å². The van der Waals surface area contributed by atoms with Crippen LogP contribution in [0.5, 0.6) is 0 Å². The van der Waals surface area contributed by atoms with Crippen molar-refractivity contribution in [2.24, 2.45) is 0 Å². The van der Waals surface area contributed by atoms with E-state index in [4.69, 9.17) is 10.2 Å². The van der Waals surface area contributed by atoms with E-state index in [1.807, 2.05) is 0 Å². The molecule has 12 heteroatoms. The number of hydrogen-bond acceptors (Lipinski definition) is 2. The molecule has 0 amide bonds. The van der Waals surface area contributed by atoms with Crippen LogP contribution in [0.25, 0.3) is 0 Å². The molecule has 0 aromatic rings. The van der Waals surface area contributed by atoms with Gasteiger partial charge in [0.25, 0.3) is 0 Å². The molecule has 0 aromatic carbocycles. The topological polar surface area (TPSA) is 74.6 Å². The summed E-state index contributed by atoms with van der Waals surface area (Å²) in [6.45, 7) is 0. The largest absolute Gasteiger partial charge is 0.477 e. The Kier molecular flexibility index (Phi) is 8.83. The number of halogens is 6. The standard InChI is InChI=1S/C5H2F6O4.2Na/c6-3(7,1(12)13)5(10,11)4(8,9)2(14)15;;/h(H,12,13)(H,14,15);;. The van der Waals surface area contributed by atoms with Crippen LogP contribution in [0.2, 0.25) is 0 Å². The van der Waals surface area contributed by atoms with Crippen LogP contribution in [0.3, 0.4) is 0 Å². The Labute approximate surface area is 134 Å². The van der Waals surface area contributed by atoms with Gasteiger partial charge in [-0.1, -0.05) is 0 Å². The van der Waals surface area contributed by atoms with Gasteiger partial charge in [0.1, 0.15) is 0 Å². The Bertz CT molecular complexity index is 279. The van der Waals surface area contributed by atoms with Crippen LogP contribution in [0.1, 0.15) is 0 Å². The van der Waals surface area contributed by atoms with Crippen molar-refractivity contribution in [1.29, 1.82) is 0 Å². The van der Waals surface area contributed by atoms with Gasteiger partial charge in [0.2, 0.25) is 0 Å². The second-order valence-corrected chi connectivity index (χ2v) is 2.33. The molecule has 0 heterocycles. The van der Waals surface area contributed by atoms with Crippen molar-refractivity contribution in [1.82, 2.24) is 0 Å². The number of carboxylic acid groups (broad SMARTS) is 2. The van der Waals surface area contributed by atoms with E-state index < -0.39 is 29.7 Å². The third-order valence-corrected chi connectivity index (χ3v) is 1.33. The van der Waals surface area contributed by atoms with Gasteiger partial charge in [-0.05, 0) is 0 Å². The van der Waals surface area contributed by atoms with Gasteiger partial charge in [-0.25, -0.2) is 9.59 Å². The molecule has 4 nitrogen and oxygen atoms in total. The Morgan fingerprint density at radius 2 is 0.882 bits per heavy atom. The summed E-state index contributed by atoms with van der Waals surface area (Å²) in [5, 5.41) is 15.1. The van der Waals surface area contributed by atoms with E-state index in [-0.39, 0.29) is 59.1 Å². The number of carboxylic acids is 2. The van der Waals surface area contributed by atoms with Crippen molar-refractivity contribution in [3.63, 3.8) is 0 Å². The monoisotopic (exact) mass is 286 g/mol. The van der Waals surface area contributed by atoms with Gasteiger partial charge in [0.15, 0.2) is 0 Å². The fourth-order valence-electron chi connectivity index (χ4n) is 0.466. The van der Waals surface area contributed by atoms with Gasteiger partial charge in [-0.3, -0.25) is 0 Å². The molecule has 0 aliphatic rings. The summed E-state index contributed by atoms with van der Waals surface area (Å²) in [7, 11) is 0. The fraction of sp³-hybridized carbons (Fsp3) is 0.600. The third kappa shape index (κ3) is 3.74. The quantitative estimate of drug-likeness (QED) is 0.576. The molecule has 0 aliphatic carbocycles. The van der Waals surface area contributed by atoms with E-state index >= 15 is 0 Å². The zero-order chi connectivity index (χ0) is 12.7. The van der Waals surface area contributed by atoms with Gasteiger partial charge in [-0.2, -0.15) is 26.3 Å². The van der Waals surface area contributed by atoms with Crippen LogP contribution in [0, 0.1) is 0 Å². The molecule has 2 radical (unpaired) electrons. The smallest absolute Gasteiger partial charge is 0.411 e. The second kappa shape index (κ2) is 6.62. The van der Waals surface area contributed by atoms with Crippen LogP contribution in [0.4, 0.5) is 26.3 Å². The minimum Gasteiger partial charge on any atom is -0.477 e. The SMILES string of the molecule is O=C(O)C(F)(F)C(F)(F)C(F)(F)C(=O)O.[Na].[Na]. The van der Waals surface area contributed by atoms with E-state index in [0.29, 0.717) is 0 Å². The zero-order valence-corrected chi connectivity index (χ0v) is 12.5. The second-order valence-electron chi connectivity index (χ2n) is 2.33. The molecular formula is C5H2F6Na2O4. The molecule has 0 unspecified atom stereocenters. The summed E-state index contributed by atoms with van der Waals surface area (Å²) >= 11 is 0. The van der Waals surface area contributed by atoms with Crippen molar-refractivity contribution in [2.45, 2.75) is 17.8 Å². The number of carbonyl (C=O) groups is 2. The van der Waals surface area contributed by atoms with Crippen molar-refractivity contribution < 1.29 is 46.1 Å². The first kappa shape index (κ1) is 22.7. The van der Waals surface area contributed by atoms with Crippen molar-refractivity contribution in [3.8, 4) is 0 Å². The number of hydrogen-bond donors (Lipinski definition) is 2. The molecule has 0 aromatic heterocycles. The van der Waals surface area contributed by atoms with Crippen molar-refractivity contribution in [2.75, 3.05) is 0 Å². The maximum Gasteiger partial charge on any atom is 0.411 e. The maximum absolute atomic E-state index is 12.2. The molecule has 90 valence electrons. The van der Waals surface area contributed by atoms with Gasteiger partial charge >= 0.3 is 29.7 Å². The minimum atomic E-state index is -6.53. The molecule has 0 fully saturated rings. The van der Waals surface area contributed by atoms with Crippen molar-refractivity contribution in [3.05, 3.63) is 0 Å². The summed E-state index contributed by atoms with van der Waals surface area (Å²) < 4.78 is 72.8. The molecule has 0 rings (SSSR count). The maximum atomic E-state index is 12.2. The number of rotatable bonds is 4. The summed E-state index contributed by atoms with van der Waals surface area (Å²) in [6.07, 6.45) is 0. The molecular weight excluding hydrogens is 284 g/mol. The average Bonchev–Trinajstić information content (AvgIpc) is 2.02. The third-order valence-electron chi connectivity index (χ3n) is 1.33. The van der Waals surface area contributed by atoms with Crippen LogP contribution in [-0.2, 0) is 9.59 Å². The molecule has 0 saturated carbocycles. The van der Waals surface area contributed by atoms with Gasteiger partial charge in [0.05, 0.1) is 0 Å². The van der Waals surface area contributed by atoms with Crippen LogP contribution in [0.15, 0.2) is 0 Å². The zero-order valence-electron chi connectivity index (χ0n) is 8.48. The predicted molar refractivity (Wildman–Crippen MR) is 41.6 cm³/mol. The summed E-state index contributed by atoms with van der Waals surface area (Å²) in [5.41, 5.74) is 0. The van der Waals surface area contributed by atoms with Crippen LogP contribution < -0.4 is 0 Å². The summed E-state index contributed by atoms with van der Waals surface area (Å²) in [6, 6.07) is 0. The molecule has 0 saturated heterocycles. The summed E-state index contributed by atoms with van der Waals surface area (Å²) in [4.78, 5) is 19.2. The number of alkyl halides is 6. The molecule has 17 heavy (non-hydrogen) atoms. The molecule has 2 N–H and O–H groups in total. The summed E-state index contributed by atoms with van der Waals surface area (Å²) in [5.74, 6) is -26.0. The molecule has 0 atom stereocenters. The van der Waals surface area contributed by atoms with Gasteiger partial charge in [-0.15, -0.1) is 0 Å². The average molecular weight is 286 g/mol. The van der Waals surface area contributed by atoms with E-state index in [0.717, 1.165) is 0 Å². The Balaban J connectivity index is -0.000000980. The van der Waals surface area contributed by atoms with Crippen LogP contribution in [-0.4, -0.2) is 99.0 Å². The van der Waals surface area contributed by atoms with E-state index in [9.17, 15) is 35.9 Å². The molecule has 0 aliphatic heterocycles. The first-order valence-corrected chi connectivity index (χ1v) is 2.99. The first-order chi connectivity index (χ1) is 6.39. The van der Waals surface area contributed by atoms with Crippen LogP contribution >= 0.6 is 0 Å². The minimum absolute atomic E-state index is 0. The Morgan fingerprint density at radius 3 is 1.00 bits per heavy atom. The first-order valence-electron chi connectivity index (χ1n) is 2.99. The molecule has 0 bridgehead atoms. The Hall–Kier alpha value is 0.520. The predicted octanol–water partition coefficient (Wildman–Crippen LogP) is 0.300. The normalized spacial score (nSPS) is 12.1. The van der Waals surface area contributed by atoms with Crippen molar-refractivity contribution >= 4 is 71.1 Å². The number of aliphatic carboxylic acids is 2. The van der Waals surface area contributed by atoms with Gasteiger partial charge < -0.3 is 10.2 Å². The Morgan fingerprint density at radius 1 is 0.706 bits per heavy atom. The van der Waals surface area contributed by atoms with E-state index in [2.05, 4.69) is 0 Å². The van der Waals surface area contributed by atoms with E-state index in [1.165, 1.54) is 0 Å². The fourth-order valence-corrected chi connectivity index (χ4v) is 0.466. The molecule has 0 spiro atoms. The van der Waals surface area contributed by atoms with E-state index in [1.54, 1.807) is 0 Å².